The van der Waals surface area contributed by atoms with Gasteiger partial charge in [0.15, 0.2) is 5.78 Å². The van der Waals surface area contributed by atoms with Crippen molar-refractivity contribution in [2.75, 3.05) is 7.11 Å². The normalized spacial score (nSPS) is 23.3. The fraction of sp³-hybridized carbons (Fsp3) is 0.200. The van der Waals surface area contributed by atoms with Gasteiger partial charge in [0.1, 0.15) is 17.8 Å². The lowest BCUT2D eigenvalue weighted by atomic mass is 9.82. The monoisotopic (exact) mass is 427 g/mol. The lowest BCUT2D eigenvalue weighted by Crippen LogP contribution is -2.38. The van der Waals surface area contributed by atoms with Crippen molar-refractivity contribution in [1.82, 2.24) is 5.01 Å². The van der Waals surface area contributed by atoms with Crippen LogP contribution in [0.25, 0.3) is 0 Å². The minimum atomic E-state index is -1.04. The van der Waals surface area contributed by atoms with Crippen molar-refractivity contribution in [3.8, 4) is 5.75 Å². The maximum absolute atomic E-state index is 13.7. The quantitative estimate of drug-likeness (QED) is 0.348. The molecule has 2 heterocycles. The molecule has 32 heavy (non-hydrogen) atoms. The molecule has 0 N–H and O–H groups in total. The third kappa shape index (κ3) is 3.13. The Morgan fingerprint density at radius 3 is 2.38 bits per heavy atom. The van der Waals surface area contributed by atoms with Gasteiger partial charge in [-0.3, -0.25) is 19.9 Å². The molecular formula is C25H21N3O4. The van der Waals surface area contributed by atoms with Gasteiger partial charge in [-0.15, -0.1) is 0 Å². The van der Waals surface area contributed by atoms with Gasteiger partial charge >= 0.3 is 0 Å². The van der Waals surface area contributed by atoms with E-state index in [4.69, 9.17) is 4.74 Å². The second-order valence-corrected chi connectivity index (χ2v) is 7.95. The number of carbonyl (C=O) groups is 1. The Morgan fingerprint density at radius 1 is 1.00 bits per heavy atom. The maximum Gasteiger partial charge on any atom is 0.248 e. The molecule has 2 aliphatic heterocycles. The number of ketones is 1. The van der Waals surface area contributed by atoms with Crippen LogP contribution in [0, 0.1) is 10.1 Å². The van der Waals surface area contributed by atoms with E-state index in [0.717, 1.165) is 11.1 Å². The number of benzene rings is 3. The van der Waals surface area contributed by atoms with Gasteiger partial charge < -0.3 is 4.74 Å². The van der Waals surface area contributed by atoms with E-state index in [1.54, 1.807) is 66.9 Å². The Morgan fingerprint density at radius 2 is 1.69 bits per heavy atom. The molecule has 160 valence electrons. The van der Waals surface area contributed by atoms with Crippen molar-refractivity contribution in [2.45, 2.75) is 24.0 Å². The number of methoxy groups -OCH3 is 1. The minimum Gasteiger partial charge on any atom is -0.497 e. The topological polar surface area (TPSA) is 85.0 Å². The van der Waals surface area contributed by atoms with Crippen LogP contribution in [-0.2, 0) is 0 Å². The number of nitro groups is 1. The highest BCUT2D eigenvalue weighted by Crippen LogP contribution is 2.49. The van der Waals surface area contributed by atoms with Crippen LogP contribution in [-0.4, -0.2) is 41.1 Å². The molecule has 1 saturated heterocycles. The van der Waals surface area contributed by atoms with Crippen LogP contribution >= 0.6 is 0 Å². The van der Waals surface area contributed by atoms with Crippen molar-refractivity contribution in [1.29, 1.82) is 0 Å². The van der Waals surface area contributed by atoms with Gasteiger partial charge in [-0.25, -0.2) is 0 Å². The van der Waals surface area contributed by atoms with Crippen LogP contribution in [0.2, 0.25) is 0 Å². The zero-order valence-corrected chi connectivity index (χ0v) is 17.4. The van der Waals surface area contributed by atoms with Gasteiger partial charge in [0.25, 0.3) is 0 Å². The van der Waals surface area contributed by atoms with E-state index in [1.807, 2.05) is 30.3 Å². The smallest absolute Gasteiger partial charge is 0.248 e. The summed E-state index contributed by atoms with van der Waals surface area (Å²) in [6.07, 6.45) is 1.69. The molecule has 7 heteroatoms. The Bertz CT molecular complexity index is 1190. The summed E-state index contributed by atoms with van der Waals surface area (Å²) in [7, 11) is 1.57. The summed E-state index contributed by atoms with van der Waals surface area (Å²) in [4.78, 5) is 25.9. The van der Waals surface area contributed by atoms with E-state index < -0.39 is 24.0 Å². The largest absolute Gasteiger partial charge is 0.497 e. The van der Waals surface area contributed by atoms with Crippen LogP contribution < -0.4 is 4.74 Å². The second kappa shape index (κ2) is 7.92. The molecule has 2 aliphatic rings. The zero-order chi connectivity index (χ0) is 22.2. The summed E-state index contributed by atoms with van der Waals surface area (Å²) in [6, 6.07) is 21.1. The van der Waals surface area contributed by atoms with Gasteiger partial charge in [0, 0.05) is 16.1 Å². The number of carbonyl (C=O) groups excluding carboxylic acids is 1. The Labute approximate surface area is 185 Å². The molecule has 3 aromatic rings. The highest BCUT2D eigenvalue weighted by atomic mass is 16.6. The van der Waals surface area contributed by atoms with Gasteiger partial charge in [-0.05, 0) is 23.3 Å². The Balaban J connectivity index is 1.69. The molecule has 7 nitrogen and oxygen atoms in total. The average molecular weight is 427 g/mol. The molecule has 0 spiro atoms. The first-order chi connectivity index (χ1) is 15.6. The molecule has 0 bridgehead atoms. The number of rotatable bonds is 5. The van der Waals surface area contributed by atoms with Gasteiger partial charge in [0.05, 0.1) is 19.2 Å². The van der Waals surface area contributed by atoms with E-state index in [9.17, 15) is 14.9 Å². The summed E-state index contributed by atoms with van der Waals surface area (Å²) in [5.74, 6) is -0.217. The molecule has 3 aromatic carbocycles. The molecule has 5 rings (SSSR count). The lowest BCUT2D eigenvalue weighted by Gasteiger charge is -2.30. The standard InChI is InChI=1S/C25H21N3O4/c1-32-19-13-11-16(12-14-19)21-23(28(30)31)22-20-10-6-5-9-18(20)15-26-27(22)24(21)25(29)17-7-3-2-4-8-17/h2-15,21-24H,1H3/t21-,22+,23+,24+/m1/s1. The predicted octanol–water partition coefficient (Wildman–Crippen LogP) is 4.08. The summed E-state index contributed by atoms with van der Waals surface area (Å²) < 4.78 is 5.26. The first kappa shape index (κ1) is 19.9. The summed E-state index contributed by atoms with van der Waals surface area (Å²) >= 11 is 0. The third-order valence-corrected chi connectivity index (χ3v) is 6.32. The van der Waals surface area contributed by atoms with Crippen molar-refractivity contribution in [3.63, 3.8) is 0 Å². The number of hydrogen-bond acceptors (Lipinski definition) is 6. The van der Waals surface area contributed by atoms with Crippen molar-refractivity contribution >= 4 is 12.0 Å². The molecule has 0 saturated carbocycles. The number of fused-ring (bicyclic) bond motifs is 3. The zero-order valence-electron chi connectivity index (χ0n) is 17.4. The average Bonchev–Trinajstić information content (AvgIpc) is 3.20. The fourth-order valence-corrected chi connectivity index (χ4v) is 4.88. The van der Waals surface area contributed by atoms with E-state index >= 15 is 0 Å². The van der Waals surface area contributed by atoms with Crippen LogP contribution in [0.15, 0.2) is 84.0 Å². The minimum absolute atomic E-state index is 0.183. The molecule has 0 amide bonds. The highest BCUT2D eigenvalue weighted by Gasteiger charge is 2.60. The number of hydrogen-bond donors (Lipinski definition) is 0. The van der Waals surface area contributed by atoms with Gasteiger partial charge in [0.2, 0.25) is 6.04 Å². The van der Waals surface area contributed by atoms with E-state index in [0.29, 0.717) is 16.9 Å². The van der Waals surface area contributed by atoms with Crippen molar-refractivity contribution < 1.29 is 14.5 Å². The second-order valence-electron chi connectivity index (χ2n) is 7.95. The van der Waals surface area contributed by atoms with Gasteiger partial charge in [-0.1, -0.05) is 66.7 Å². The van der Waals surface area contributed by atoms with E-state index in [-0.39, 0.29) is 10.7 Å². The highest BCUT2D eigenvalue weighted by molar-refractivity contribution is 6.01. The van der Waals surface area contributed by atoms with Gasteiger partial charge in [-0.2, -0.15) is 5.10 Å². The third-order valence-electron chi connectivity index (χ3n) is 6.32. The SMILES string of the molecule is COc1ccc([C@@H]2[C@H]([N+](=O)[O-])[C@@H]3c4ccccc4C=NN3[C@@H]2C(=O)c2ccccc2)cc1. The predicted molar refractivity (Wildman–Crippen MR) is 120 cm³/mol. The number of Topliss-reactive ketones (excluding diaryl/α,β-unsaturated/α-hetero) is 1. The molecule has 4 atom stereocenters. The van der Waals surface area contributed by atoms with E-state index in [2.05, 4.69) is 5.10 Å². The maximum atomic E-state index is 13.7. The number of nitrogens with zero attached hydrogens (tertiary/aromatic N) is 3. The molecule has 0 aromatic heterocycles. The summed E-state index contributed by atoms with van der Waals surface area (Å²) in [5, 5.41) is 18.7. The molecule has 0 aliphatic carbocycles. The Kier molecular flexibility index (Phi) is 4.93. The molecule has 0 radical (unpaired) electrons. The lowest BCUT2D eigenvalue weighted by molar-refractivity contribution is -0.529. The first-order valence-electron chi connectivity index (χ1n) is 10.4. The van der Waals surface area contributed by atoms with Crippen LogP contribution in [0.1, 0.15) is 39.0 Å². The molecular weight excluding hydrogens is 406 g/mol. The van der Waals surface area contributed by atoms with Crippen LogP contribution in [0.4, 0.5) is 0 Å². The van der Waals surface area contributed by atoms with Crippen LogP contribution in [0.5, 0.6) is 5.75 Å². The number of ether oxygens (including phenoxy) is 1. The molecule has 1 fully saturated rings. The van der Waals surface area contributed by atoms with Crippen molar-refractivity contribution in [2.24, 2.45) is 5.10 Å². The molecule has 0 unspecified atom stereocenters. The first-order valence-corrected chi connectivity index (χ1v) is 10.4. The Hall–Kier alpha value is -4.00. The number of hydrazone groups is 1. The summed E-state index contributed by atoms with van der Waals surface area (Å²) in [6.45, 7) is 0. The van der Waals surface area contributed by atoms with E-state index in [1.165, 1.54) is 0 Å². The van der Waals surface area contributed by atoms with Crippen LogP contribution in [0.3, 0.4) is 0 Å². The fourth-order valence-electron chi connectivity index (χ4n) is 4.88. The summed E-state index contributed by atoms with van der Waals surface area (Å²) in [5.41, 5.74) is 2.87. The van der Waals surface area contributed by atoms with Crippen molar-refractivity contribution in [3.05, 3.63) is 111 Å².